The molecule has 2 rings (SSSR count). The van der Waals surface area contributed by atoms with Gasteiger partial charge in [0.2, 0.25) is 10.0 Å². The molecular formula is C14H16BrN3O2S. The molecule has 1 aromatic carbocycles. The molecule has 5 nitrogen and oxygen atoms in total. The number of halogens is 1. The molecule has 0 spiro atoms. The van der Waals surface area contributed by atoms with E-state index in [1.165, 1.54) is 10.4 Å². The second kappa shape index (κ2) is 6.55. The Balaban J connectivity index is 2.15. The third kappa shape index (κ3) is 3.81. The molecule has 7 heteroatoms. The van der Waals surface area contributed by atoms with Crippen LogP contribution in [0.5, 0.6) is 0 Å². The zero-order valence-electron chi connectivity index (χ0n) is 11.5. The molecule has 1 heterocycles. The third-order valence-corrected chi connectivity index (χ3v) is 5.94. The van der Waals surface area contributed by atoms with Crippen molar-refractivity contribution >= 4 is 31.6 Å². The molecular weight excluding hydrogens is 354 g/mol. The number of benzene rings is 1. The smallest absolute Gasteiger partial charge is 0.243 e. The SMILES string of the molecule is CN(CCc1ccncc1)S(=O)(=O)c1ccc(N)cc1Br. The normalized spacial score (nSPS) is 11.8. The molecule has 0 amide bonds. The molecule has 21 heavy (non-hydrogen) atoms. The van der Waals surface area contributed by atoms with Crippen LogP contribution in [0.15, 0.2) is 52.1 Å². The van der Waals surface area contributed by atoms with E-state index in [0.717, 1.165) is 5.56 Å². The quantitative estimate of drug-likeness (QED) is 0.820. The van der Waals surface area contributed by atoms with Crippen LogP contribution in [0.2, 0.25) is 0 Å². The molecule has 0 atom stereocenters. The van der Waals surface area contributed by atoms with Crippen molar-refractivity contribution in [2.75, 3.05) is 19.3 Å². The van der Waals surface area contributed by atoms with Crippen molar-refractivity contribution in [3.63, 3.8) is 0 Å². The van der Waals surface area contributed by atoms with E-state index in [0.29, 0.717) is 23.1 Å². The Morgan fingerprint density at radius 1 is 1.24 bits per heavy atom. The van der Waals surface area contributed by atoms with Crippen molar-refractivity contribution < 1.29 is 8.42 Å². The van der Waals surface area contributed by atoms with E-state index in [1.54, 1.807) is 31.6 Å². The van der Waals surface area contributed by atoms with Gasteiger partial charge in [-0.05, 0) is 58.2 Å². The topological polar surface area (TPSA) is 76.3 Å². The minimum absolute atomic E-state index is 0.217. The van der Waals surface area contributed by atoms with Gasteiger partial charge in [0.25, 0.3) is 0 Å². The highest BCUT2D eigenvalue weighted by molar-refractivity contribution is 9.10. The first-order valence-corrected chi connectivity index (χ1v) is 8.55. The van der Waals surface area contributed by atoms with Gasteiger partial charge in [0, 0.05) is 36.1 Å². The van der Waals surface area contributed by atoms with Gasteiger partial charge in [-0.15, -0.1) is 0 Å². The number of likely N-dealkylation sites (N-methyl/N-ethyl adjacent to an activating group) is 1. The minimum Gasteiger partial charge on any atom is -0.399 e. The highest BCUT2D eigenvalue weighted by Crippen LogP contribution is 2.26. The van der Waals surface area contributed by atoms with Crippen LogP contribution < -0.4 is 5.73 Å². The molecule has 0 aliphatic carbocycles. The van der Waals surface area contributed by atoms with Gasteiger partial charge in [-0.3, -0.25) is 4.98 Å². The summed E-state index contributed by atoms with van der Waals surface area (Å²) in [7, 11) is -1.97. The van der Waals surface area contributed by atoms with Crippen molar-refractivity contribution in [3.05, 3.63) is 52.8 Å². The second-order valence-corrected chi connectivity index (χ2v) is 7.49. The summed E-state index contributed by atoms with van der Waals surface area (Å²) < 4.78 is 26.9. The zero-order chi connectivity index (χ0) is 15.5. The average Bonchev–Trinajstić information content (AvgIpc) is 2.45. The molecule has 0 aliphatic rings. The van der Waals surface area contributed by atoms with Crippen LogP contribution in [-0.2, 0) is 16.4 Å². The molecule has 0 saturated carbocycles. The fourth-order valence-corrected chi connectivity index (χ4v) is 4.07. The number of rotatable bonds is 5. The molecule has 0 fully saturated rings. The Bertz CT molecular complexity index is 720. The van der Waals surface area contributed by atoms with E-state index in [9.17, 15) is 8.42 Å². The van der Waals surface area contributed by atoms with Crippen molar-refractivity contribution in [1.29, 1.82) is 0 Å². The molecule has 1 aromatic heterocycles. The number of aromatic nitrogens is 1. The Hall–Kier alpha value is -1.44. The van der Waals surface area contributed by atoms with Gasteiger partial charge in [0.05, 0.1) is 4.90 Å². The minimum atomic E-state index is -3.54. The summed E-state index contributed by atoms with van der Waals surface area (Å²) in [5, 5.41) is 0. The molecule has 0 radical (unpaired) electrons. The van der Waals surface area contributed by atoms with Gasteiger partial charge in [-0.2, -0.15) is 0 Å². The van der Waals surface area contributed by atoms with E-state index < -0.39 is 10.0 Å². The van der Waals surface area contributed by atoms with Crippen molar-refractivity contribution in [2.24, 2.45) is 0 Å². The molecule has 0 aliphatic heterocycles. The summed E-state index contributed by atoms with van der Waals surface area (Å²) in [5.41, 5.74) is 7.20. The van der Waals surface area contributed by atoms with Crippen LogP contribution in [-0.4, -0.2) is 31.3 Å². The fourth-order valence-electron chi connectivity index (χ4n) is 1.85. The van der Waals surface area contributed by atoms with Crippen LogP contribution in [0.25, 0.3) is 0 Å². The standard InChI is InChI=1S/C14H16BrN3O2S/c1-18(9-6-11-4-7-17-8-5-11)21(19,20)14-3-2-12(16)10-13(14)15/h2-5,7-8,10H,6,9,16H2,1H3. The van der Waals surface area contributed by atoms with Gasteiger partial charge in [-0.1, -0.05) is 0 Å². The number of nitrogen functional groups attached to an aromatic ring is 1. The fraction of sp³-hybridized carbons (Fsp3) is 0.214. The number of hydrogen-bond donors (Lipinski definition) is 1. The maximum atomic E-state index is 12.5. The predicted molar refractivity (Wildman–Crippen MR) is 86.3 cm³/mol. The summed E-state index contributed by atoms with van der Waals surface area (Å²) in [6, 6.07) is 8.43. The Labute approximate surface area is 133 Å². The highest BCUT2D eigenvalue weighted by Gasteiger charge is 2.23. The van der Waals surface area contributed by atoms with E-state index in [4.69, 9.17) is 5.73 Å². The zero-order valence-corrected chi connectivity index (χ0v) is 13.9. The first kappa shape index (κ1) is 15.9. The van der Waals surface area contributed by atoms with E-state index in [-0.39, 0.29) is 4.90 Å². The number of sulfonamides is 1. The number of nitrogens with zero attached hydrogens (tertiary/aromatic N) is 2. The Morgan fingerprint density at radius 2 is 1.90 bits per heavy atom. The highest BCUT2D eigenvalue weighted by atomic mass is 79.9. The largest absolute Gasteiger partial charge is 0.399 e. The summed E-state index contributed by atoms with van der Waals surface area (Å²) >= 11 is 3.25. The van der Waals surface area contributed by atoms with Crippen molar-refractivity contribution in [1.82, 2.24) is 9.29 Å². The maximum absolute atomic E-state index is 12.5. The third-order valence-electron chi connectivity index (χ3n) is 3.11. The second-order valence-electron chi connectivity index (χ2n) is 4.62. The van der Waals surface area contributed by atoms with Gasteiger partial charge in [-0.25, -0.2) is 12.7 Å². The molecule has 2 N–H and O–H groups in total. The Kier molecular flexibility index (Phi) is 4.97. The summed E-state index contributed by atoms with van der Waals surface area (Å²) in [4.78, 5) is 4.16. The molecule has 2 aromatic rings. The van der Waals surface area contributed by atoms with Crippen LogP contribution in [0.1, 0.15) is 5.56 Å². The molecule has 0 saturated heterocycles. The monoisotopic (exact) mass is 369 g/mol. The molecule has 0 bridgehead atoms. The summed E-state index contributed by atoms with van der Waals surface area (Å²) in [5.74, 6) is 0. The predicted octanol–water partition coefficient (Wildman–Crippen LogP) is 2.29. The number of pyridine rings is 1. The Morgan fingerprint density at radius 3 is 2.52 bits per heavy atom. The average molecular weight is 370 g/mol. The van der Waals surface area contributed by atoms with Crippen LogP contribution in [0.4, 0.5) is 5.69 Å². The van der Waals surface area contributed by atoms with E-state index in [1.807, 2.05) is 12.1 Å². The maximum Gasteiger partial charge on any atom is 0.243 e. The first-order chi connectivity index (χ1) is 9.91. The number of hydrogen-bond acceptors (Lipinski definition) is 4. The lowest BCUT2D eigenvalue weighted by Crippen LogP contribution is -2.29. The van der Waals surface area contributed by atoms with Crippen LogP contribution >= 0.6 is 15.9 Å². The number of anilines is 1. The van der Waals surface area contributed by atoms with Gasteiger partial charge >= 0.3 is 0 Å². The van der Waals surface area contributed by atoms with Crippen molar-refractivity contribution in [2.45, 2.75) is 11.3 Å². The van der Waals surface area contributed by atoms with Crippen molar-refractivity contribution in [3.8, 4) is 0 Å². The van der Waals surface area contributed by atoms with Crippen LogP contribution in [0, 0.1) is 0 Å². The lowest BCUT2D eigenvalue weighted by molar-refractivity contribution is 0.472. The lowest BCUT2D eigenvalue weighted by Gasteiger charge is -2.18. The first-order valence-electron chi connectivity index (χ1n) is 6.31. The summed E-state index contributed by atoms with van der Waals surface area (Å²) in [6.07, 6.45) is 4.02. The lowest BCUT2D eigenvalue weighted by atomic mass is 10.2. The van der Waals surface area contributed by atoms with Gasteiger partial charge < -0.3 is 5.73 Å². The van der Waals surface area contributed by atoms with Gasteiger partial charge in [0.15, 0.2) is 0 Å². The van der Waals surface area contributed by atoms with E-state index in [2.05, 4.69) is 20.9 Å². The molecule has 0 unspecified atom stereocenters. The van der Waals surface area contributed by atoms with Crippen LogP contribution in [0.3, 0.4) is 0 Å². The van der Waals surface area contributed by atoms with Gasteiger partial charge in [0.1, 0.15) is 0 Å². The number of nitrogens with two attached hydrogens (primary N) is 1. The van der Waals surface area contributed by atoms with E-state index >= 15 is 0 Å². The summed E-state index contributed by atoms with van der Waals surface area (Å²) in [6.45, 7) is 0.392. The molecule has 112 valence electrons.